The van der Waals surface area contributed by atoms with Crippen LogP contribution in [0.15, 0.2) is 28.7 Å². The van der Waals surface area contributed by atoms with Crippen molar-refractivity contribution in [3.63, 3.8) is 0 Å². The summed E-state index contributed by atoms with van der Waals surface area (Å²) in [5.74, 6) is 0.0102. The molecule has 1 aromatic carbocycles. The van der Waals surface area contributed by atoms with E-state index in [1.165, 1.54) is 19.3 Å². The average molecular weight is 326 g/mol. The van der Waals surface area contributed by atoms with E-state index >= 15 is 0 Å². The first-order valence-corrected chi connectivity index (χ1v) is 7.78. The normalized spacial score (nSPS) is 11.4. The smallest absolute Gasteiger partial charge is 0.251 e. The second-order valence-electron chi connectivity index (χ2n) is 5.81. The number of carbonyl (C=O) groups excluding carboxylic acids is 1. The minimum absolute atomic E-state index is 0.0102. The summed E-state index contributed by atoms with van der Waals surface area (Å²) in [5, 5.41) is 3.03. The van der Waals surface area contributed by atoms with Crippen LogP contribution >= 0.6 is 15.9 Å². The van der Waals surface area contributed by atoms with Crippen LogP contribution in [0.3, 0.4) is 0 Å². The SMILES string of the molecule is CCCCCC(C)(C)CNC(=O)c1ccc(Br)cc1. The highest BCUT2D eigenvalue weighted by atomic mass is 79.9. The molecular formula is C16H24BrNO. The molecule has 0 saturated heterocycles. The molecule has 0 spiro atoms. The zero-order valence-corrected chi connectivity index (χ0v) is 13.7. The Morgan fingerprint density at radius 3 is 2.42 bits per heavy atom. The summed E-state index contributed by atoms with van der Waals surface area (Å²) in [4.78, 5) is 12.0. The topological polar surface area (TPSA) is 29.1 Å². The van der Waals surface area contributed by atoms with E-state index in [1.54, 1.807) is 0 Å². The molecule has 0 fully saturated rings. The molecule has 0 saturated carbocycles. The zero-order chi connectivity index (χ0) is 14.3. The number of carbonyl (C=O) groups is 1. The minimum Gasteiger partial charge on any atom is -0.352 e. The molecule has 1 N–H and O–H groups in total. The van der Waals surface area contributed by atoms with E-state index in [9.17, 15) is 4.79 Å². The summed E-state index contributed by atoms with van der Waals surface area (Å²) in [7, 11) is 0. The van der Waals surface area contributed by atoms with Gasteiger partial charge in [0.05, 0.1) is 0 Å². The molecule has 0 aliphatic rings. The fourth-order valence-corrected chi connectivity index (χ4v) is 2.23. The van der Waals surface area contributed by atoms with Gasteiger partial charge in [-0.1, -0.05) is 56.0 Å². The van der Waals surface area contributed by atoms with Gasteiger partial charge in [0, 0.05) is 16.6 Å². The van der Waals surface area contributed by atoms with Crippen molar-refractivity contribution in [2.24, 2.45) is 5.41 Å². The molecule has 0 radical (unpaired) electrons. The number of nitrogens with one attached hydrogen (secondary N) is 1. The molecule has 0 atom stereocenters. The summed E-state index contributed by atoms with van der Waals surface area (Å²) in [5.41, 5.74) is 0.882. The van der Waals surface area contributed by atoms with Gasteiger partial charge in [-0.3, -0.25) is 4.79 Å². The second-order valence-corrected chi connectivity index (χ2v) is 6.73. The molecule has 1 aromatic rings. The highest BCUT2D eigenvalue weighted by Gasteiger charge is 2.18. The molecule has 0 unspecified atom stereocenters. The maximum Gasteiger partial charge on any atom is 0.251 e. The van der Waals surface area contributed by atoms with E-state index in [4.69, 9.17) is 0 Å². The fourth-order valence-electron chi connectivity index (χ4n) is 1.96. The summed E-state index contributed by atoms with van der Waals surface area (Å²) >= 11 is 3.37. The summed E-state index contributed by atoms with van der Waals surface area (Å²) in [6.07, 6.45) is 4.89. The Morgan fingerprint density at radius 2 is 1.84 bits per heavy atom. The number of unbranched alkanes of at least 4 members (excludes halogenated alkanes) is 2. The molecule has 0 bridgehead atoms. The van der Waals surface area contributed by atoms with E-state index < -0.39 is 0 Å². The Balaban J connectivity index is 2.42. The van der Waals surface area contributed by atoms with Gasteiger partial charge in [0.15, 0.2) is 0 Å². The molecule has 0 aromatic heterocycles. The van der Waals surface area contributed by atoms with Gasteiger partial charge < -0.3 is 5.32 Å². The summed E-state index contributed by atoms with van der Waals surface area (Å²) in [6.45, 7) is 7.36. The molecule has 19 heavy (non-hydrogen) atoms. The number of amides is 1. The lowest BCUT2D eigenvalue weighted by Crippen LogP contribution is -2.34. The third kappa shape index (κ3) is 6.24. The van der Waals surface area contributed by atoms with Crippen LogP contribution in [0.4, 0.5) is 0 Å². The molecule has 0 aliphatic carbocycles. The van der Waals surface area contributed by atoms with Crippen LogP contribution in [-0.4, -0.2) is 12.5 Å². The molecule has 1 rings (SSSR count). The Kier molecular flexibility index (Phi) is 6.56. The molecular weight excluding hydrogens is 302 g/mol. The summed E-state index contributed by atoms with van der Waals surface area (Å²) in [6, 6.07) is 7.45. The molecule has 106 valence electrons. The quantitative estimate of drug-likeness (QED) is 0.718. The summed E-state index contributed by atoms with van der Waals surface area (Å²) < 4.78 is 0.990. The highest BCUT2D eigenvalue weighted by molar-refractivity contribution is 9.10. The van der Waals surface area contributed by atoms with Crippen LogP contribution in [-0.2, 0) is 0 Å². The zero-order valence-electron chi connectivity index (χ0n) is 12.1. The van der Waals surface area contributed by atoms with E-state index in [1.807, 2.05) is 24.3 Å². The Labute approximate surface area is 125 Å². The van der Waals surface area contributed by atoms with Crippen molar-refractivity contribution in [1.29, 1.82) is 0 Å². The lowest BCUT2D eigenvalue weighted by molar-refractivity contribution is 0.0934. The number of halogens is 1. The molecule has 1 amide bonds. The van der Waals surface area contributed by atoms with Crippen LogP contribution in [0, 0.1) is 5.41 Å². The number of rotatable bonds is 7. The maximum atomic E-state index is 12.0. The van der Waals surface area contributed by atoms with Crippen LogP contribution in [0.1, 0.15) is 56.8 Å². The van der Waals surface area contributed by atoms with Gasteiger partial charge in [-0.25, -0.2) is 0 Å². The lowest BCUT2D eigenvalue weighted by Gasteiger charge is -2.25. The van der Waals surface area contributed by atoms with Gasteiger partial charge in [-0.2, -0.15) is 0 Å². The lowest BCUT2D eigenvalue weighted by atomic mass is 9.87. The standard InChI is InChI=1S/C16H24BrNO/c1-4-5-6-11-16(2,3)12-18-15(19)13-7-9-14(17)10-8-13/h7-10H,4-6,11-12H2,1-3H3,(H,18,19). The van der Waals surface area contributed by atoms with Gasteiger partial charge in [0.1, 0.15) is 0 Å². The molecule has 0 heterocycles. The average Bonchev–Trinajstić information content (AvgIpc) is 2.37. The second kappa shape index (κ2) is 7.68. The minimum atomic E-state index is 0.0102. The van der Waals surface area contributed by atoms with Crippen molar-refractivity contribution >= 4 is 21.8 Å². The van der Waals surface area contributed by atoms with Crippen molar-refractivity contribution in [1.82, 2.24) is 5.32 Å². The van der Waals surface area contributed by atoms with E-state index in [0.717, 1.165) is 17.4 Å². The first kappa shape index (κ1) is 16.2. The van der Waals surface area contributed by atoms with Crippen LogP contribution < -0.4 is 5.32 Å². The first-order chi connectivity index (χ1) is 8.94. The first-order valence-electron chi connectivity index (χ1n) is 6.98. The monoisotopic (exact) mass is 325 g/mol. The Bertz CT molecular complexity index is 398. The van der Waals surface area contributed by atoms with E-state index in [0.29, 0.717) is 5.56 Å². The molecule has 2 nitrogen and oxygen atoms in total. The Morgan fingerprint density at radius 1 is 1.21 bits per heavy atom. The third-order valence-corrected chi connectivity index (χ3v) is 3.82. The fraction of sp³-hybridized carbons (Fsp3) is 0.562. The largest absolute Gasteiger partial charge is 0.352 e. The number of benzene rings is 1. The van der Waals surface area contributed by atoms with Crippen molar-refractivity contribution in [3.8, 4) is 0 Å². The van der Waals surface area contributed by atoms with E-state index in [-0.39, 0.29) is 11.3 Å². The predicted molar refractivity (Wildman–Crippen MR) is 84.4 cm³/mol. The highest BCUT2D eigenvalue weighted by Crippen LogP contribution is 2.22. The van der Waals surface area contributed by atoms with Crippen molar-refractivity contribution in [2.75, 3.05) is 6.54 Å². The number of hydrogen-bond acceptors (Lipinski definition) is 1. The van der Waals surface area contributed by atoms with Gasteiger partial charge in [0.25, 0.3) is 5.91 Å². The number of hydrogen-bond donors (Lipinski definition) is 1. The van der Waals surface area contributed by atoms with Gasteiger partial charge in [-0.05, 0) is 36.1 Å². The van der Waals surface area contributed by atoms with Crippen molar-refractivity contribution in [2.45, 2.75) is 46.5 Å². The third-order valence-electron chi connectivity index (χ3n) is 3.29. The van der Waals surface area contributed by atoms with Crippen LogP contribution in [0.5, 0.6) is 0 Å². The Hall–Kier alpha value is -0.830. The van der Waals surface area contributed by atoms with Gasteiger partial charge in [-0.15, -0.1) is 0 Å². The molecule has 3 heteroatoms. The van der Waals surface area contributed by atoms with Gasteiger partial charge in [0.2, 0.25) is 0 Å². The van der Waals surface area contributed by atoms with Crippen LogP contribution in [0.25, 0.3) is 0 Å². The van der Waals surface area contributed by atoms with E-state index in [2.05, 4.69) is 42.0 Å². The van der Waals surface area contributed by atoms with Crippen molar-refractivity contribution in [3.05, 3.63) is 34.3 Å². The molecule has 0 aliphatic heterocycles. The van der Waals surface area contributed by atoms with Crippen molar-refractivity contribution < 1.29 is 4.79 Å². The predicted octanol–water partition coefficient (Wildman–Crippen LogP) is 4.79. The van der Waals surface area contributed by atoms with Gasteiger partial charge >= 0.3 is 0 Å². The maximum absolute atomic E-state index is 12.0. The van der Waals surface area contributed by atoms with Crippen LogP contribution in [0.2, 0.25) is 0 Å².